The Morgan fingerprint density at radius 2 is 2.14 bits per heavy atom. The predicted molar refractivity (Wildman–Crippen MR) is 86.7 cm³/mol. The summed E-state index contributed by atoms with van der Waals surface area (Å²) < 4.78 is 2.24. The van der Waals surface area contributed by atoms with Crippen molar-refractivity contribution in [3.63, 3.8) is 0 Å². The molecule has 0 saturated carbocycles. The van der Waals surface area contributed by atoms with Crippen molar-refractivity contribution in [2.45, 2.75) is 40.3 Å². The minimum Gasteiger partial charge on any atom is -0.305 e. The SMILES string of the molecule is CCc1cccnc1CNCc1c(C)nc2scc(C)n12. The van der Waals surface area contributed by atoms with Crippen LogP contribution in [-0.4, -0.2) is 14.4 Å². The number of hydrogen-bond acceptors (Lipinski definition) is 4. The molecule has 0 unspecified atom stereocenters. The standard InChI is InChI=1S/C16H20N4S/c1-4-13-6-5-7-18-14(13)8-17-9-15-12(3)19-16-20(15)11(2)10-21-16/h5-7,10,17H,4,8-9H2,1-3H3. The van der Waals surface area contributed by atoms with Gasteiger partial charge in [-0.3, -0.25) is 9.38 Å². The first kappa shape index (κ1) is 14.2. The molecule has 4 nitrogen and oxygen atoms in total. The van der Waals surface area contributed by atoms with Crippen molar-refractivity contribution in [2.24, 2.45) is 0 Å². The fraction of sp³-hybridized carbons (Fsp3) is 0.375. The number of imidazole rings is 1. The van der Waals surface area contributed by atoms with E-state index in [1.165, 1.54) is 17.0 Å². The molecule has 0 aliphatic rings. The third-order valence-electron chi connectivity index (χ3n) is 3.78. The summed E-state index contributed by atoms with van der Waals surface area (Å²) in [6.45, 7) is 7.97. The van der Waals surface area contributed by atoms with Crippen molar-refractivity contribution >= 4 is 16.3 Å². The Morgan fingerprint density at radius 3 is 2.95 bits per heavy atom. The van der Waals surface area contributed by atoms with Crippen molar-refractivity contribution in [1.29, 1.82) is 0 Å². The van der Waals surface area contributed by atoms with Crippen LogP contribution in [0.25, 0.3) is 4.96 Å². The van der Waals surface area contributed by atoms with Crippen LogP contribution in [0.1, 0.15) is 35.3 Å². The monoisotopic (exact) mass is 300 g/mol. The lowest BCUT2D eigenvalue weighted by molar-refractivity contribution is 0.654. The first-order valence-corrected chi connectivity index (χ1v) is 8.14. The molecule has 0 fully saturated rings. The molecule has 0 bridgehead atoms. The van der Waals surface area contributed by atoms with E-state index in [1.807, 2.05) is 12.3 Å². The molecule has 0 radical (unpaired) electrons. The Labute approximate surface area is 128 Å². The van der Waals surface area contributed by atoms with E-state index in [2.05, 4.69) is 51.9 Å². The number of nitrogens with zero attached hydrogens (tertiary/aromatic N) is 3. The normalized spacial score (nSPS) is 11.4. The Balaban J connectivity index is 1.75. The first-order valence-electron chi connectivity index (χ1n) is 7.26. The second-order valence-electron chi connectivity index (χ2n) is 5.21. The maximum Gasteiger partial charge on any atom is 0.194 e. The molecule has 0 aromatic carbocycles. The van der Waals surface area contributed by atoms with Gasteiger partial charge in [0.1, 0.15) is 0 Å². The second-order valence-corrected chi connectivity index (χ2v) is 6.04. The minimum atomic E-state index is 0.792. The van der Waals surface area contributed by atoms with Gasteiger partial charge in [-0.1, -0.05) is 13.0 Å². The zero-order valence-corrected chi connectivity index (χ0v) is 13.5. The molecule has 1 N–H and O–H groups in total. The van der Waals surface area contributed by atoms with Crippen LogP contribution in [0.2, 0.25) is 0 Å². The molecule has 3 aromatic heterocycles. The largest absolute Gasteiger partial charge is 0.305 e. The van der Waals surface area contributed by atoms with Crippen molar-refractivity contribution in [3.05, 3.63) is 52.0 Å². The Kier molecular flexibility index (Phi) is 4.03. The van der Waals surface area contributed by atoms with Gasteiger partial charge in [0.2, 0.25) is 0 Å². The fourth-order valence-electron chi connectivity index (χ4n) is 2.63. The summed E-state index contributed by atoms with van der Waals surface area (Å²) in [4.78, 5) is 10.2. The molecule has 0 saturated heterocycles. The number of fused-ring (bicyclic) bond motifs is 1. The van der Waals surface area contributed by atoms with Gasteiger partial charge in [-0.15, -0.1) is 11.3 Å². The van der Waals surface area contributed by atoms with Crippen LogP contribution in [0.15, 0.2) is 23.7 Å². The zero-order valence-electron chi connectivity index (χ0n) is 12.7. The van der Waals surface area contributed by atoms with Crippen molar-refractivity contribution in [3.8, 4) is 0 Å². The van der Waals surface area contributed by atoms with Gasteiger partial charge in [0.25, 0.3) is 0 Å². The van der Waals surface area contributed by atoms with E-state index in [0.717, 1.165) is 35.9 Å². The number of rotatable bonds is 5. The van der Waals surface area contributed by atoms with Crippen molar-refractivity contribution in [1.82, 2.24) is 19.7 Å². The van der Waals surface area contributed by atoms with Crippen LogP contribution in [0.3, 0.4) is 0 Å². The highest BCUT2D eigenvalue weighted by atomic mass is 32.1. The summed E-state index contributed by atoms with van der Waals surface area (Å²) >= 11 is 1.70. The van der Waals surface area contributed by atoms with E-state index in [1.54, 1.807) is 11.3 Å². The summed E-state index contributed by atoms with van der Waals surface area (Å²) in [5.74, 6) is 0. The quantitative estimate of drug-likeness (QED) is 0.786. The van der Waals surface area contributed by atoms with Gasteiger partial charge in [0.05, 0.1) is 17.1 Å². The third kappa shape index (κ3) is 2.71. The molecule has 3 rings (SSSR count). The molecule has 0 spiro atoms. The topological polar surface area (TPSA) is 42.2 Å². The van der Waals surface area contributed by atoms with Gasteiger partial charge < -0.3 is 5.32 Å². The van der Waals surface area contributed by atoms with Crippen LogP contribution in [0.4, 0.5) is 0 Å². The van der Waals surface area contributed by atoms with Gasteiger partial charge >= 0.3 is 0 Å². The zero-order chi connectivity index (χ0) is 14.8. The number of pyridine rings is 1. The number of nitrogens with one attached hydrogen (secondary N) is 1. The highest BCUT2D eigenvalue weighted by molar-refractivity contribution is 7.15. The Hall–Kier alpha value is -1.72. The molecule has 3 heterocycles. The average Bonchev–Trinajstić information content (AvgIpc) is 3.00. The maximum absolute atomic E-state index is 4.62. The lowest BCUT2D eigenvalue weighted by Gasteiger charge is -2.09. The van der Waals surface area contributed by atoms with E-state index >= 15 is 0 Å². The average molecular weight is 300 g/mol. The molecule has 3 aromatic rings. The molecule has 110 valence electrons. The van der Waals surface area contributed by atoms with E-state index in [4.69, 9.17) is 0 Å². The third-order valence-corrected chi connectivity index (χ3v) is 4.72. The van der Waals surface area contributed by atoms with Crippen molar-refractivity contribution < 1.29 is 0 Å². The molecule has 21 heavy (non-hydrogen) atoms. The van der Waals surface area contributed by atoms with Gasteiger partial charge in [0.15, 0.2) is 4.96 Å². The first-order chi connectivity index (χ1) is 10.2. The van der Waals surface area contributed by atoms with Gasteiger partial charge in [-0.25, -0.2) is 4.98 Å². The molecule has 0 atom stereocenters. The smallest absolute Gasteiger partial charge is 0.194 e. The van der Waals surface area contributed by atoms with Gasteiger partial charge in [-0.05, 0) is 31.9 Å². The van der Waals surface area contributed by atoms with Crippen LogP contribution in [0.5, 0.6) is 0 Å². The van der Waals surface area contributed by atoms with Crippen LogP contribution >= 0.6 is 11.3 Å². The molecule has 0 amide bonds. The summed E-state index contributed by atoms with van der Waals surface area (Å²) in [6, 6.07) is 4.15. The number of thiazole rings is 1. The summed E-state index contributed by atoms with van der Waals surface area (Å²) in [7, 11) is 0. The fourth-order valence-corrected chi connectivity index (χ4v) is 3.56. The predicted octanol–water partition coefficient (Wildman–Crippen LogP) is 3.26. The maximum atomic E-state index is 4.62. The van der Waals surface area contributed by atoms with E-state index in [0.29, 0.717) is 0 Å². The van der Waals surface area contributed by atoms with Crippen molar-refractivity contribution in [2.75, 3.05) is 0 Å². The van der Waals surface area contributed by atoms with Gasteiger partial charge in [0, 0.05) is 30.4 Å². The molecular formula is C16H20N4S. The summed E-state index contributed by atoms with van der Waals surface area (Å²) in [6.07, 6.45) is 2.88. The Morgan fingerprint density at radius 1 is 1.29 bits per heavy atom. The van der Waals surface area contributed by atoms with E-state index in [-0.39, 0.29) is 0 Å². The van der Waals surface area contributed by atoms with Gasteiger partial charge in [-0.2, -0.15) is 0 Å². The number of aryl methyl sites for hydroxylation is 3. The molecule has 0 aliphatic carbocycles. The van der Waals surface area contributed by atoms with E-state index in [9.17, 15) is 0 Å². The van der Waals surface area contributed by atoms with Crippen LogP contribution in [-0.2, 0) is 19.5 Å². The Bertz CT molecular complexity index is 757. The molecule has 0 aliphatic heterocycles. The summed E-state index contributed by atoms with van der Waals surface area (Å²) in [5, 5.41) is 5.66. The molecular weight excluding hydrogens is 280 g/mol. The van der Waals surface area contributed by atoms with E-state index < -0.39 is 0 Å². The second kappa shape index (κ2) is 5.95. The lowest BCUT2D eigenvalue weighted by Crippen LogP contribution is -2.17. The highest BCUT2D eigenvalue weighted by Crippen LogP contribution is 2.20. The minimum absolute atomic E-state index is 0.792. The highest BCUT2D eigenvalue weighted by Gasteiger charge is 2.12. The van der Waals surface area contributed by atoms with Crippen LogP contribution < -0.4 is 5.32 Å². The van der Waals surface area contributed by atoms with Crippen LogP contribution in [0, 0.1) is 13.8 Å². The number of aromatic nitrogens is 3. The number of hydrogen-bond donors (Lipinski definition) is 1. The summed E-state index contributed by atoms with van der Waals surface area (Å²) in [5.41, 5.74) is 6.05. The molecule has 5 heteroatoms. The lowest BCUT2D eigenvalue weighted by atomic mass is 10.1.